The number of aromatic amines is 1. The standard InChI is InChI=1S/C24H34N6O7/c1-13(2)7-18(28-21(33)17(25)9-15-10-26-12-27-15)22(34)29-19(8-14-3-5-16(32)6-4-14)23(35)30-20(11-31)24(36)37/h3-6,10,12-13,17-20,31-32H,7-9,11,25H2,1-2H3,(H,26,27)(H,28,33)(H,29,34)(H,30,35)(H,36,37). The van der Waals surface area contributed by atoms with E-state index in [0.29, 0.717) is 11.3 Å². The van der Waals surface area contributed by atoms with Crippen LogP contribution >= 0.6 is 0 Å². The highest BCUT2D eigenvalue weighted by Crippen LogP contribution is 2.13. The third-order valence-corrected chi connectivity index (χ3v) is 5.48. The van der Waals surface area contributed by atoms with Gasteiger partial charge in [-0.1, -0.05) is 26.0 Å². The average Bonchev–Trinajstić information content (AvgIpc) is 3.35. The van der Waals surface area contributed by atoms with Gasteiger partial charge < -0.3 is 42.0 Å². The van der Waals surface area contributed by atoms with E-state index in [-0.39, 0.29) is 30.9 Å². The Morgan fingerprint density at radius 2 is 1.54 bits per heavy atom. The lowest BCUT2D eigenvalue weighted by Crippen LogP contribution is -2.58. The average molecular weight is 519 g/mol. The van der Waals surface area contributed by atoms with Crippen LogP contribution in [0, 0.1) is 5.92 Å². The molecule has 2 aromatic rings. The molecule has 0 aliphatic rings. The highest BCUT2D eigenvalue weighted by Gasteiger charge is 2.31. The van der Waals surface area contributed by atoms with E-state index in [9.17, 15) is 34.5 Å². The summed E-state index contributed by atoms with van der Waals surface area (Å²) in [5, 5.41) is 35.4. The van der Waals surface area contributed by atoms with E-state index < -0.39 is 54.5 Å². The van der Waals surface area contributed by atoms with Crippen LogP contribution in [0.1, 0.15) is 31.5 Å². The molecule has 0 aliphatic carbocycles. The summed E-state index contributed by atoms with van der Waals surface area (Å²) in [6.07, 6.45) is 3.37. The summed E-state index contributed by atoms with van der Waals surface area (Å²) in [7, 11) is 0. The Kier molecular flexibility index (Phi) is 11.0. The number of aliphatic hydroxyl groups is 1. The molecule has 0 saturated heterocycles. The van der Waals surface area contributed by atoms with E-state index in [1.165, 1.54) is 24.7 Å². The number of carbonyl (C=O) groups is 4. The fraction of sp³-hybridized carbons (Fsp3) is 0.458. The summed E-state index contributed by atoms with van der Waals surface area (Å²) in [4.78, 5) is 56.9. The Balaban J connectivity index is 2.19. The molecule has 1 aromatic heterocycles. The maximum atomic E-state index is 13.2. The second kappa shape index (κ2) is 13.9. The third-order valence-electron chi connectivity index (χ3n) is 5.48. The quantitative estimate of drug-likeness (QED) is 0.150. The number of H-pyrrole nitrogens is 1. The molecule has 0 aliphatic heterocycles. The second-order valence-corrected chi connectivity index (χ2v) is 9.09. The van der Waals surface area contributed by atoms with Crippen molar-refractivity contribution in [3.8, 4) is 5.75 Å². The monoisotopic (exact) mass is 518 g/mol. The van der Waals surface area contributed by atoms with Crippen molar-refractivity contribution in [3.05, 3.63) is 48.0 Å². The molecule has 0 spiro atoms. The molecule has 0 saturated carbocycles. The number of rotatable bonds is 14. The molecule has 202 valence electrons. The van der Waals surface area contributed by atoms with Crippen LogP contribution in [0.2, 0.25) is 0 Å². The van der Waals surface area contributed by atoms with Crippen molar-refractivity contribution in [2.75, 3.05) is 6.61 Å². The van der Waals surface area contributed by atoms with Crippen LogP contribution in [0.4, 0.5) is 0 Å². The molecule has 0 bridgehead atoms. The first kappa shape index (κ1) is 29.3. The molecule has 0 fully saturated rings. The number of aromatic hydroxyl groups is 1. The normalized spacial score (nSPS) is 14.3. The van der Waals surface area contributed by atoms with Crippen molar-refractivity contribution < 1.29 is 34.5 Å². The highest BCUT2D eigenvalue weighted by molar-refractivity contribution is 5.94. The van der Waals surface area contributed by atoms with E-state index in [1.54, 1.807) is 12.1 Å². The number of nitrogens with two attached hydrogens (primary N) is 1. The lowest BCUT2D eigenvalue weighted by Gasteiger charge is -2.26. The van der Waals surface area contributed by atoms with Gasteiger partial charge in [-0.3, -0.25) is 14.4 Å². The third kappa shape index (κ3) is 9.54. The number of aliphatic carboxylic acids is 1. The molecule has 13 nitrogen and oxygen atoms in total. The smallest absolute Gasteiger partial charge is 0.328 e. The topological polar surface area (TPSA) is 220 Å². The maximum Gasteiger partial charge on any atom is 0.328 e. The number of nitrogens with zero attached hydrogens (tertiary/aromatic N) is 1. The number of aromatic nitrogens is 2. The van der Waals surface area contributed by atoms with Crippen molar-refractivity contribution in [2.24, 2.45) is 11.7 Å². The molecule has 0 radical (unpaired) electrons. The van der Waals surface area contributed by atoms with Crippen molar-refractivity contribution in [2.45, 2.75) is 57.3 Å². The molecular formula is C24H34N6O7. The second-order valence-electron chi connectivity index (χ2n) is 9.09. The van der Waals surface area contributed by atoms with Crippen LogP contribution in [0.3, 0.4) is 0 Å². The van der Waals surface area contributed by atoms with Crippen LogP contribution in [0.25, 0.3) is 0 Å². The number of carboxylic acids is 1. The molecule has 9 N–H and O–H groups in total. The Bertz CT molecular complexity index is 1040. The fourth-order valence-electron chi connectivity index (χ4n) is 3.51. The minimum Gasteiger partial charge on any atom is -0.508 e. The predicted octanol–water partition coefficient (Wildman–Crippen LogP) is -1.19. The summed E-state index contributed by atoms with van der Waals surface area (Å²) in [5.41, 5.74) is 7.21. The van der Waals surface area contributed by atoms with Gasteiger partial charge in [0.25, 0.3) is 0 Å². The van der Waals surface area contributed by atoms with Gasteiger partial charge in [0.2, 0.25) is 17.7 Å². The van der Waals surface area contributed by atoms with E-state index in [1.807, 2.05) is 13.8 Å². The number of phenols is 1. The molecule has 13 heteroatoms. The van der Waals surface area contributed by atoms with Crippen LogP contribution in [0.5, 0.6) is 5.75 Å². The Morgan fingerprint density at radius 1 is 0.946 bits per heavy atom. The van der Waals surface area contributed by atoms with E-state index in [0.717, 1.165) is 0 Å². The number of imidazole rings is 1. The van der Waals surface area contributed by atoms with Gasteiger partial charge in [-0.15, -0.1) is 0 Å². The lowest BCUT2D eigenvalue weighted by molar-refractivity contribution is -0.143. The van der Waals surface area contributed by atoms with Crippen LogP contribution < -0.4 is 21.7 Å². The largest absolute Gasteiger partial charge is 0.508 e. The van der Waals surface area contributed by atoms with E-state index >= 15 is 0 Å². The number of aliphatic hydroxyl groups excluding tert-OH is 1. The first-order chi connectivity index (χ1) is 17.5. The predicted molar refractivity (Wildman–Crippen MR) is 132 cm³/mol. The Hall–Kier alpha value is -3.97. The van der Waals surface area contributed by atoms with Crippen molar-refractivity contribution in [1.82, 2.24) is 25.9 Å². The summed E-state index contributed by atoms with van der Waals surface area (Å²) >= 11 is 0. The highest BCUT2D eigenvalue weighted by atomic mass is 16.4. The lowest BCUT2D eigenvalue weighted by atomic mass is 10.00. The van der Waals surface area contributed by atoms with Crippen LogP contribution in [-0.4, -0.2) is 79.8 Å². The molecule has 37 heavy (non-hydrogen) atoms. The first-order valence-electron chi connectivity index (χ1n) is 11.8. The van der Waals surface area contributed by atoms with Crippen LogP contribution in [-0.2, 0) is 32.0 Å². The number of phenolic OH excluding ortho intramolecular Hbond substituents is 1. The minimum atomic E-state index is -1.57. The zero-order valence-corrected chi connectivity index (χ0v) is 20.7. The zero-order valence-electron chi connectivity index (χ0n) is 20.7. The number of amides is 3. The number of carbonyl (C=O) groups excluding carboxylic acids is 3. The molecule has 3 amide bonds. The van der Waals surface area contributed by atoms with Gasteiger partial charge in [0.05, 0.1) is 19.0 Å². The fourth-order valence-corrected chi connectivity index (χ4v) is 3.51. The maximum absolute atomic E-state index is 13.2. The van der Waals surface area contributed by atoms with Gasteiger partial charge in [0.1, 0.15) is 23.9 Å². The van der Waals surface area contributed by atoms with E-state index in [4.69, 9.17) is 5.73 Å². The van der Waals surface area contributed by atoms with Crippen LogP contribution in [0.15, 0.2) is 36.8 Å². The molecule has 4 unspecified atom stereocenters. The summed E-state index contributed by atoms with van der Waals surface area (Å²) in [6.45, 7) is 2.87. The van der Waals surface area contributed by atoms with Crippen molar-refractivity contribution >= 4 is 23.7 Å². The van der Waals surface area contributed by atoms with Gasteiger partial charge in [0, 0.05) is 24.7 Å². The molecule has 1 heterocycles. The number of hydrogen-bond acceptors (Lipinski definition) is 8. The number of hydrogen-bond donors (Lipinski definition) is 8. The van der Waals surface area contributed by atoms with Crippen molar-refractivity contribution in [1.29, 1.82) is 0 Å². The minimum absolute atomic E-state index is 0.00460. The summed E-state index contributed by atoms with van der Waals surface area (Å²) in [6, 6.07) is 1.11. The van der Waals surface area contributed by atoms with Gasteiger partial charge in [-0.2, -0.15) is 0 Å². The number of benzene rings is 1. The van der Waals surface area contributed by atoms with Gasteiger partial charge in [-0.25, -0.2) is 9.78 Å². The van der Waals surface area contributed by atoms with E-state index in [2.05, 4.69) is 25.9 Å². The van der Waals surface area contributed by atoms with Gasteiger partial charge in [-0.05, 0) is 30.0 Å². The summed E-state index contributed by atoms with van der Waals surface area (Å²) in [5.74, 6) is -3.51. The first-order valence-corrected chi connectivity index (χ1v) is 11.8. The molecule has 2 rings (SSSR count). The number of nitrogens with one attached hydrogen (secondary N) is 4. The van der Waals surface area contributed by atoms with Crippen molar-refractivity contribution in [3.63, 3.8) is 0 Å². The Morgan fingerprint density at radius 3 is 2.08 bits per heavy atom. The molecule has 4 atom stereocenters. The zero-order chi connectivity index (χ0) is 27.5. The number of carboxylic acid groups (broad SMARTS) is 1. The Labute approximate surface area is 213 Å². The molecular weight excluding hydrogens is 484 g/mol. The molecule has 1 aromatic carbocycles. The van der Waals surface area contributed by atoms with Gasteiger partial charge in [0.15, 0.2) is 0 Å². The van der Waals surface area contributed by atoms with Gasteiger partial charge >= 0.3 is 5.97 Å². The summed E-state index contributed by atoms with van der Waals surface area (Å²) < 4.78 is 0. The SMILES string of the molecule is CC(C)CC(NC(=O)C(N)Cc1cnc[nH]1)C(=O)NC(Cc1ccc(O)cc1)C(=O)NC(CO)C(=O)O.